The Hall–Kier alpha value is -1.19. The molecule has 0 heterocycles. The molecule has 0 bridgehead atoms. The number of hydrogen-bond acceptors (Lipinski definition) is 1. The van der Waals surface area contributed by atoms with E-state index in [0.29, 0.717) is 0 Å². The van der Waals surface area contributed by atoms with Gasteiger partial charge in [-0.1, -0.05) is 18.2 Å². The number of ether oxygens (including phenoxy) is 1. The topological polar surface area (TPSA) is 9.23 Å². The lowest BCUT2D eigenvalue weighted by molar-refractivity contribution is -0.127. The minimum Gasteiger partial charge on any atom is -0.496 e. The number of hydrogen-bond donors (Lipinski definition) is 0. The highest BCUT2D eigenvalue weighted by molar-refractivity contribution is 5.33. The summed E-state index contributed by atoms with van der Waals surface area (Å²) < 4.78 is 40.8. The van der Waals surface area contributed by atoms with Crippen LogP contribution in [0.1, 0.15) is 5.56 Å². The SMILES string of the molecule is COc1ccccc1CC(F)(F)F. The Balaban J connectivity index is 2.87. The summed E-state index contributed by atoms with van der Waals surface area (Å²) in [5.74, 6) is 0.278. The molecule has 0 N–H and O–H groups in total. The normalized spacial score (nSPS) is 11.4. The van der Waals surface area contributed by atoms with Gasteiger partial charge in [0.2, 0.25) is 0 Å². The molecule has 0 unspecified atom stereocenters. The molecule has 1 nitrogen and oxygen atoms in total. The summed E-state index contributed by atoms with van der Waals surface area (Å²) in [5.41, 5.74) is 0.164. The second-order valence-corrected chi connectivity index (χ2v) is 2.60. The van der Waals surface area contributed by atoms with Crippen LogP contribution >= 0.6 is 0 Å². The first kappa shape index (κ1) is 9.89. The number of halogens is 3. The van der Waals surface area contributed by atoms with Crippen molar-refractivity contribution in [1.29, 1.82) is 0 Å². The molecule has 0 fully saturated rings. The zero-order chi connectivity index (χ0) is 9.90. The molecule has 0 atom stereocenters. The van der Waals surface area contributed by atoms with Crippen LogP contribution in [0.5, 0.6) is 5.75 Å². The second-order valence-electron chi connectivity index (χ2n) is 2.60. The predicted octanol–water partition coefficient (Wildman–Crippen LogP) is 2.80. The standard InChI is InChI=1S/C9H9F3O/c1-13-8-5-3-2-4-7(8)6-9(10,11)12/h2-5H,6H2,1H3. The monoisotopic (exact) mass is 190 g/mol. The largest absolute Gasteiger partial charge is 0.496 e. The van der Waals surface area contributed by atoms with Crippen LogP contribution in [0.3, 0.4) is 0 Å². The lowest BCUT2D eigenvalue weighted by Gasteiger charge is -2.09. The highest BCUT2D eigenvalue weighted by Crippen LogP contribution is 2.26. The summed E-state index contributed by atoms with van der Waals surface area (Å²) in [5, 5.41) is 0. The Kier molecular flexibility index (Phi) is 2.80. The van der Waals surface area contributed by atoms with Crippen molar-refractivity contribution >= 4 is 0 Å². The van der Waals surface area contributed by atoms with E-state index in [-0.39, 0.29) is 11.3 Å². The highest BCUT2D eigenvalue weighted by Gasteiger charge is 2.28. The number of para-hydroxylation sites is 1. The highest BCUT2D eigenvalue weighted by atomic mass is 19.4. The third-order valence-electron chi connectivity index (χ3n) is 1.58. The molecular weight excluding hydrogens is 181 g/mol. The Morgan fingerprint density at radius 1 is 1.23 bits per heavy atom. The molecule has 0 radical (unpaired) electrons. The van der Waals surface area contributed by atoms with Crippen LogP contribution in [-0.4, -0.2) is 13.3 Å². The molecule has 0 amide bonds. The molecule has 0 saturated carbocycles. The van der Waals surface area contributed by atoms with E-state index in [1.54, 1.807) is 12.1 Å². The van der Waals surface area contributed by atoms with Gasteiger partial charge in [-0.3, -0.25) is 0 Å². The van der Waals surface area contributed by atoms with Crippen molar-refractivity contribution in [3.63, 3.8) is 0 Å². The van der Waals surface area contributed by atoms with Gasteiger partial charge in [0.1, 0.15) is 5.75 Å². The molecule has 0 saturated heterocycles. The molecule has 0 aliphatic heterocycles. The van der Waals surface area contributed by atoms with Crippen LogP contribution < -0.4 is 4.74 Å². The van der Waals surface area contributed by atoms with Crippen LogP contribution in [0.25, 0.3) is 0 Å². The third-order valence-corrected chi connectivity index (χ3v) is 1.58. The van der Waals surface area contributed by atoms with Gasteiger partial charge in [-0.25, -0.2) is 0 Å². The maximum atomic E-state index is 12.0. The molecule has 0 aliphatic rings. The first-order chi connectivity index (χ1) is 6.03. The molecule has 0 spiro atoms. The number of alkyl halides is 3. The number of rotatable bonds is 2. The first-order valence-corrected chi connectivity index (χ1v) is 3.71. The molecule has 0 aromatic heterocycles. The fourth-order valence-corrected chi connectivity index (χ4v) is 1.06. The predicted molar refractivity (Wildman–Crippen MR) is 42.8 cm³/mol. The molecule has 1 aromatic carbocycles. The Morgan fingerprint density at radius 2 is 1.85 bits per heavy atom. The van der Waals surface area contributed by atoms with E-state index in [2.05, 4.69) is 0 Å². The van der Waals surface area contributed by atoms with E-state index < -0.39 is 12.6 Å². The van der Waals surface area contributed by atoms with Gasteiger partial charge in [0.15, 0.2) is 0 Å². The number of methoxy groups -OCH3 is 1. The Labute approximate surface area is 74.1 Å². The van der Waals surface area contributed by atoms with Crippen molar-refractivity contribution in [2.45, 2.75) is 12.6 Å². The van der Waals surface area contributed by atoms with Crippen molar-refractivity contribution < 1.29 is 17.9 Å². The van der Waals surface area contributed by atoms with Crippen LogP contribution in [-0.2, 0) is 6.42 Å². The van der Waals surface area contributed by atoms with E-state index in [0.717, 1.165) is 0 Å². The summed E-state index contributed by atoms with van der Waals surface area (Å²) in [6.07, 6.45) is -5.13. The second kappa shape index (κ2) is 3.68. The van der Waals surface area contributed by atoms with Gasteiger partial charge in [0, 0.05) is 5.56 Å². The fraction of sp³-hybridized carbons (Fsp3) is 0.333. The van der Waals surface area contributed by atoms with Gasteiger partial charge < -0.3 is 4.74 Å². The van der Waals surface area contributed by atoms with Gasteiger partial charge in [-0.05, 0) is 6.07 Å². The van der Waals surface area contributed by atoms with Gasteiger partial charge in [-0.2, -0.15) is 13.2 Å². The summed E-state index contributed by atoms with van der Waals surface area (Å²) >= 11 is 0. The fourth-order valence-electron chi connectivity index (χ4n) is 1.06. The number of benzene rings is 1. The minimum absolute atomic E-state index is 0.164. The van der Waals surface area contributed by atoms with E-state index in [1.165, 1.54) is 19.2 Å². The van der Waals surface area contributed by atoms with Crippen molar-refractivity contribution in [3.05, 3.63) is 29.8 Å². The molecule has 72 valence electrons. The lowest BCUT2D eigenvalue weighted by Crippen LogP contribution is -2.12. The van der Waals surface area contributed by atoms with E-state index >= 15 is 0 Å². The average Bonchev–Trinajstić information content (AvgIpc) is 2.02. The molecular formula is C9H9F3O. The maximum Gasteiger partial charge on any atom is 0.393 e. The maximum absolute atomic E-state index is 12.0. The van der Waals surface area contributed by atoms with Gasteiger partial charge in [0.25, 0.3) is 0 Å². The molecule has 1 rings (SSSR count). The zero-order valence-electron chi connectivity index (χ0n) is 7.06. The van der Waals surface area contributed by atoms with Crippen LogP contribution in [0.2, 0.25) is 0 Å². The molecule has 0 aliphatic carbocycles. The lowest BCUT2D eigenvalue weighted by atomic mass is 10.1. The van der Waals surface area contributed by atoms with Crippen LogP contribution in [0.15, 0.2) is 24.3 Å². The summed E-state index contributed by atoms with van der Waals surface area (Å²) in [4.78, 5) is 0. The average molecular weight is 190 g/mol. The van der Waals surface area contributed by atoms with Crippen LogP contribution in [0.4, 0.5) is 13.2 Å². The van der Waals surface area contributed by atoms with Crippen molar-refractivity contribution in [2.24, 2.45) is 0 Å². The minimum atomic E-state index is -4.19. The van der Waals surface area contributed by atoms with Crippen molar-refractivity contribution in [3.8, 4) is 5.75 Å². The van der Waals surface area contributed by atoms with E-state index in [4.69, 9.17) is 4.74 Å². The van der Waals surface area contributed by atoms with E-state index in [9.17, 15) is 13.2 Å². The van der Waals surface area contributed by atoms with Gasteiger partial charge >= 0.3 is 6.18 Å². The summed E-state index contributed by atoms with van der Waals surface area (Å²) in [6, 6.07) is 6.12. The van der Waals surface area contributed by atoms with E-state index in [1.807, 2.05) is 0 Å². The van der Waals surface area contributed by atoms with Crippen molar-refractivity contribution in [1.82, 2.24) is 0 Å². The van der Waals surface area contributed by atoms with Gasteiger partial charge in [0.05, 0.1) is 13.5 Å². The third kappa shape index (κ3) is 2.97. The quantitative estimate of drug-likeness (QED) is 0.696. The van der Waals surface area contributed by atoms with Crippen LogP contribution in [0, 0.1) is 0 Å². The first-order valence-electron chi connectivity index (χ1n) is 3.71. The Bertz CT molecular complexity index is 280. The molecule has 13 heavy (non-hydrogen) atoms. The smallest absolute Gasteiger partial charge is 0.393 e. The Morgan fingerprint density at radius 3 is 2.38 bits per heavy atom. The molecule has 1 aromatic rings. The summed E-state index contributed by atoms with van der Waals surface area (Å²) in [7, 11) is 1.36. The summed E-state index contributed by atoms with van der Waals surface area (Å²) in [6.45, 7) is 0. The zero-order valence-corrected chi connectivity index (χ0v) is 7.06. The van der Waals surface area contributed by atoms with Gasteiger partial charge in [-0.15, -0.1) is 0 Å². The van der Waals surface area contributed by atoms with Crippen molar-refractivity contribution in [2.75, 3.05) is 7.11 Å². The molecule has 4 heteroatoms.